The number of carbonyl (C=O) groups excluding carboxylic acids is 3. The van der Waals surface area contributed by atoms with Gasteiger partial charge in [-0.15, -0.1) is 0 Å². The summed E-state index contributed by atoms with van der Waals surface area (Å²) in [6.45, 7) is 7.27. The maximum absolute atomic E-state index is 12.7. The van der Waals surface area contributed by atoms with E-state index in [0.29, 0.717) is 35.4 Å². The van der Waals surface area contributed by atoms with Gasteiger partial charge in [-0.25, -0.2) is 4.79 Å². The smallest absolute Gasteiger partial charge is 0.355 e. The van der Waals surface area contributed by atoms with Gasteiger partial charge < -0.3 is 14.5 Å². The third-order valence-electron chi connectivity index (χ3n) is 4.49. The van der Waals surface area contributed by atoms with Crippen LogP contribution in [-0.2, 0) is 20.7 Å². The fraction of sp³-hybridized carbons (Fsp3) is 0.588. The molecule has 1 aromatic heterocycles. The third-order valence-corrected chi connectivity index (χ3v) is 4.49. The van der Waals surface area contributed by atoms with Crippen LogP contribution in [0.5, 0.6) is 0 Å². The van der Waals surface area contributed by atoms with Gasteiger partial charge >= 0.3 is 11.9 Å². The average molecular weight is 321 g/mol. The molecule has 6 nitrogen and oxygen atoms in total. The first-order valence-corrected chi connectivity index (χ1v) is 7.86. The van der Waals surface area contributed by atoms with Gasteiger partial charge in [-0.05, 0) is 38.2 Å². The highest BCUT2D eigenvalue weighted by Crippen LogP contribution is 2.34. The predicted octanol–water partition coefficient (Wildman–Crippen LogP) is 2.44. The van der Waals surface area contributed by atoms with E-state index in [2.05, 4.69) is 4.98 Å². The molecule has 0 amide bonds. The largest absolute Gasteiger partial charge is 0.468 e. The van der Waals surface area contributed by atoms with Crippen molar-refractivity contribution >= 4 is 17.7 Å². The first-order valence-electron chi connectivity index (χ1n) is 7.86. The molecule has 6 heteroatoms. The van der Waals surface area contributed by atoms with Crippen molar-refractivity contribution in [2.45, 2.75) is 46.6 Å². The molecule has 0 saturated heterocycles. The van der Waals surface area contributed by atoms with Crippen LogP contribution in [0.3, 0.4) is 0 Å². The minimum Gasteiger partial charge on any atom is -0.468 e. The third kappa shape index (κ3) is 3.02. The fourth-order valence-corrected chi connectivity index (χ4v) is 2.99. The second kappa shape index (κ2) is 6.56. The van der Waals surface area contributed by atoms with Crippen LogP contribution in [0.15, 0.2) is 0 Å². The van der Waals surface area contributed by atoms with E-state index in [-0.39, 0.29) is 17.8 Å². The number of Topliss-reactive ketones (excluding diaryl/α,β-unsaturated/α-hetero) is 1. The molecule has 1 aromatic rings. The van der Waals surface area contributed by atoms with Crippen molar-refractivity contribution < 1.29 is 23.9 Å². The summed E-state index contributed by atoms with van der Waals surface area (Å²) in [5.41, 5.74) is 1.95. The zero-order valence-electron chi connectivity index (χ0n) is 14.2. The number of carbonyl (C=O) groups is 3. The van der Waals surface area contributed by atoms with Crippen molar-refractivity contribution in [3.05, 3.63) is 22.5 Å². The second-order valence-electron chi connectivity index (χ2n) is 6.15. The van der Waals surface area contributed by atoms with E-state index in [0.717, 1.165) is 0 Å². The number of aromatic nitrogens is 1. The summed E-state index contributed by atoms with van der Waals surface area (Å²) in [5, 5.41) is 0. The standard InChI is InChI=1S/C17H23NO5/c1-6-9(3)23-17(21)14-10(4)13-11(18-14)7-8(2)12(15(13)19)16(20)22-5/h8-9,12,18H,6-7H2,1-5H3/t8-,9+,12-/m0/s1. The maximum Gasteiger partial charge on any atom is 0.355 e. The number of fused-ring (bicyclic) bond motifs is 1. The Kier molecular flexibility index (Phi) is 4.92. The lowest BCUT2D eigenvalue weighted by atomic mass is 9.77. The average Bonchev–Trinajstić information content (AvgIpc) is 2.83. The monoisotopic (exact) mass is 321 g/mol. The van der Waals surface area contributed by atoms with Crippen LogP contribution in [0.2, 0.25) is 0 Å². The van der Waals surface area contributed by atoms with Gasteiger partial charge in [0.25, 0.3) is 0 Å². The number of H-pyrrole nitrogens is 1. The number of esters is 2. The summed E-state index contributed by atoms with van der Waals surface area (Å²) < 4.78 is 10.1. The molecule has 0 saturated carbocycles. The van der Waals surface area contributed by atoms with Gasteiger partial charge in [0, 0.05) is 11.3 Å². The van der Waals surface area contributed by atoms with Gasteiger partial charge in [0.05, 0.1) is 13.2 Å². The molecule has 3 atom stereocenters. The molecule has 23 heavy (non-hydrogen) atoms. The Morgan fingerprint density at radius 1 is 1.39 bits per heavy atom. The zero-order chi connectivity index (χ0) is 17.3. The number of ketones is 1. The molecule has 0 bridgehead atoms. The van der Waals surface area contributed by atoms with Gasteiger partial charge in [-0.1, -0.05) is 13.8 Å². The van der Waals surface area contributed by atoms with Crippen LogP contribution < -0.4 is 0 Å². The van der Waals surface area contributed by atoms with E-state index in [9.17, 15) is 14.4 Å². The second-order valence-corrected chi connectivity index (χ2v) is 6.15. The summed E-state index contributed by atoms with van der Waals surface area (Å²) in [4.78, 5) is 39.9. The van der Waals surface area contributed by atoms with Crippen molar-refractivity contribution in [2.24, 2.45) is 11.8 Å². The van der Waals surface area contributed by atoms with Crippen molar-refractivity contribution in [3.8, 4) is 0 Å². The van der Waals surface area contributed by atoms with Crippen LogP contribution in [-0.4, -0.2) is 35.9 Å². The number of hydrogen-bond acceptors (Lipinski definition) is 5. The summed E-state index contributed by atoms with van der Waals surface area (Å²) >= 11 is 0. The van der Waals surface area contributed by atoms with Gasteiger partial charge in [0.1, 0.15) is 11.6 Å². The number of ether oxygens (including phenoxy) is 2. The highest BCUT2D eigenvalue weighted by atomic mass is 16.5. The van der Waals surface area contributed by atoms with Crippen molar-refractivity contribution in [2.75, 3.05) is 7.11 Å². The van der Waals surface area contributed by atoms with E-state index in [1.165, 1.54) is 7.11 Å². The minimum atomic E-state index is -0.819. The van der Waals surface area contributed by atoms with E-state index in [1.54, 1.807) is 6.92 Å². The van der Waals surface area contributed by atoms with Crippen LogP contribution in [0.1, 0.15) is 59.3 Å². The van der Waals surface area contributed by atoms with Crippen LogP contribution >= 0.6 is 0 Å². The molecule has 0 unspecified atom stereocenters. The first-order chi connectivity index (χ1) is 10.8. The Labute approximate surface area is 135 Å². The van der Waals surface area contributed by atoms with Crippen LogP contribution in [0, 0.1) is 18.8 Å². The zero-order valence-corrected chi connectivity index (χ0v) is 14.2. The topological polar surface area (TPSA) is 85.5 Å². The molecule has 0 radical (unpaired) electrons. The number of hydrogen-bond donors (Lipinski definition) is 1. The lowest BCUT2D eigenvalue weighted by Crippen LogP contribution is -2.36. The molecule has 0 spiro atoms. The lowest BCUT2D eigenvalue weighted by Gasteiger charge is -2.25. The quantitative estimate of drug-likeness (QED) is 0.680. The van der Waals surface area contributed by atoms with E-state index in [1.807, 2.05) is 20.8 Å². The van der Waals surface area contributed by atoms with E-state index < -0.39 is 17.9 Å². The Morgan fingerprint density at radius 3 is 2.61 bits per heavy atom. The number of methoxy groups -OCH3 is 1. The Hall–Kier alpha value is -2.11. The number of rotatable bonds is 4. The van der Waals surface area contributed by atoms with Crippen LogP contribution in [0.4, 0.5) is 0 Å². The molecule has 1 heterocycles. The molecule has 1 aliphatic carbocycles. The SMILES string of the molecule is CC[C@@H](C)OC(=O)c1[nH]c2c(c1C)C(=O)[C@@H](C(=O)OC)[C@@H](C)C2. The number of aromatic amines is 1. The molecule has 1 N–H and O–H groups in total. The predicted molar refractivity (Wildman–Crippen MR) is 83.4 cm³/mol. The van der Waals surface area contributed by atoms with Crippen molar-refractivity contribution in [1.82, 2.24) is 4.98 Å². The molecule has 0 fully saturated rings. The van der Waals surface area contributed by atoms with Crippen molar-refractivity contribution in [3.63, 3.8) is 0 Å². The van der Waals surface area contributed by atoms with Crippen molar-refractivity contribution in [1.29, 1.82) is 0 Å². The molecule has 1 aliphatic rings. The Balaban J connectivity index is 2.38. The normalized spacial score (nSPS) is 21.5. The van der Waals surface area contributed by atoms with Gasteiger partial charge in [-0.3, -0.25) is 9.59 Å². The van der Waals surface area contributed by atoms with Gasteiger partial charge in [-0.2, -0.15) is 0 Å². The highest BCUT2D eigenvalue weighted by molar-refractivity contribution is 6.12. The van der Waals surface area contributed by atoms with Gasteiger partial charge in [0.2, 0.25) is 0 Å². The van der Waals surface area contributed by atoms with Gasteiger partial charge in [0.15, 0.2) is 5.78 Å². The summed E-state index contributed by atoms with van der Waals surface area (Å²) in [7, 11) is 1.27. The Morgan fingerprint density at radius 2 is 2.04 bits per heavy atom. The summed E-state index contributed by atoms with van der Waals surface area (Å²) in [6, 6.07) is 0. The molecule has 0 aromatic carbocycles. The Bertz CT molecular complexity index is 646. The van der Waals surface area contributed by atoms with E-state index >= 15 is 0 Å². The fourth-order valence-electron chi connectivity index (χ4n) is 2.99. The highest BCUT2D eigenvalue weighted by Gasteiger charge is 2.41. The molecular formula is C17H23NO5. The van der Waals surface area contributed by atoms with Crippen LogP contribution in [0.25, 0.3) is 0 Å². The molecule has 126 valence electrons. The summed E-state index contributed by atoms with van der Waals surface area (Å²) in [5.74, 6) is -2.29. The number of nitrogens with one attached hydrogen (secondary N) is 1. The molecule has 2 rings (SSSR count). The first kappa shape index (κ1) is 17.2. The summed E-state index contributed by atoms with van der Waals surface area (Å²) in [6.07, 6.45) is 1.03. The molecule has 0 aliphatic heterocycles. The van der Waals surface area contributed by atoms with E-state index in [4.69, 9.17) is 9.47 Å². The maximum atomic E-state index is 12.7. The molecular weight excluding hydrogens is 298 g/mol. The lowest BCUT2D eigenvalue weighted by molar-refractivity contribution is -0.145. The minimum absolute atomic E-state index is 0.182.